The number of nitrogens with one attached hydrogen (secondary N) is 1. The summed E-state index contributed by atoms with van der Waals surface area (Å²) in [6.45, 7) is 2.11. The Morgan fingerprint density at radius 1 is 1.64 bits per heavy atom. The zero-order valence-corrected chi connectivity index (χ0v) is 10.7. The van der Waals surface area contributed by atoms with Crippen molar-refractivity contribution in [1.29, 1.82) is 0 Å². The zero-order valence-electron chi connectivity index (χ0n) is 7.71. The second kappa shape index (κ2) is 3.73. The number of hydrogen-bond acceptors (Lipinski definition) is 2. The Kier molecular flexibility index (Phi) is 2.74. The number of hydrogen-bond donors (Lipinski definition) is 1. The molecule has 1 heterocycles. The van der Waals surface area contributed by atoms with E-state index in [2.05, 4.69) is 59.1 Å². The molecule has 1 atom stereocenters. The molecule has 1 aliphatic carbocycles. The Bertz CT molecular complexity index is 368. The molecule has 4 heteroatoms. The van der Waals surface area contributed by atoms with Crippen LogP contribution in [0.15, 0.2) is 34.9 Å². The molecule has 2 nitrogen and oxygen atoms in total. The Morgan fingerprint density at radius 2 is 2.43 bits per heavy atom. The van der Waals surface area contributed by atoms with Crippen LogP contribution in [-0.4, -0.2) is 15.1 Å². The topological polar surface area (TPSA) is 29.1 Å². The highest BCUT2D eigenvalue weighted by Crippen LogP contribution is 2.33. The molecule has 0 aromatic carbocycles. The molecule has 0 bridgehead atoms. The van der Waals surface area contributed by atoms with Crippen LogP contribution in [0.1, 0.15) is 6.92 Å². The second-order valence-corrected chi connectivity index (χ2v) is 6.78. The van der Waals surface area contributed by atoms with Crippen molar-refractivity contribution in [3.63, 3.8) is 0 Å². The van der Waals surface area contributed by atoms with Gasteiger partial charge in [0.2, 0.25) is 5.91 Å². The molecule has 1 aliphatic heterocycles. The van der Waals surface area contributed by atoms with Crippen LogP contribution in [0, 0.1) is 0 Å². The maximum Gasteiger partial charge on any atom is 0.234 e. The molecular formula is C10H10INOS. The van der Waals surface area contributed by atoms with Gasteiger partial charge in [-0.2, -0.15) is 0 Å². The van der Waals surface area contributed by atoms with E-state index in [0.29, 0.717) is 5.75 Å². The fourth-order valence-corrected chi connectivity index (χ4v) is 2.69. The minimum absolute atomic E-state index is 0.0173. The molecule has 0 spiro atoms. The van der Waals surface area contributed by atoms with Crippen LogP contribution in [0.25, 0.3) is 0 Å². The number of halogens is 1. The summed E-state index contributed by atoms with van der Waals surface area (Å²) in [5.41, 5.74) is 0.952. The zero-order chi connectivity index (χ0) is 10.2. The standard InChI is InChI=1S/C10H10INOS/c1-10(11)4-2-3-8-7(5-10)12-9(13)6-14-8/h2-5H,6H2,1H3,(H,12,13). The first-order valence-corrected chi connectivity index (χ1v) is 6.38. The smallest absolute Gasteiger partial charge is 0.234 e. The Morgan fingerprint density at radius 3 is 3.21 bits per heavy atom. The maximum atomic E-state index is 11.2. The van der Waals surface area contributed by atoms with E-state index in [1.165, 1.54) is 0 Å². The van der Waals surface area contributed by atoms with Crippen LogP contribution in [0.4, 0.5) is 0 Å². The highest BCUT2D eigenvalue weighted by molar-refractivity contribution is 14.1. The number of alkyl halides is 1. The monoisotopic (exact) mass is 319 g/mol. The van der Waals surface area contributed by atoms with Crippen LogP contribution in [0.2, 0.25) is 0 Å². The number of carbonyl (C=O) groups is 1. The summed E-state index contributed by atoms with van der Waals surface area (Å²) < 4.78 is -0.0173. The van der Waals surface area contributed by atoms with E-state index in [9.17, 15) is 4.79 Å². The number of rotatable bonds is 0. The van der Waals surface area contributed by atoms with E-state index in [0.717, 1.165) is 10.6 Å². The van der Waals surface area contributed by atoms with E-state index in [1.54, 1.807) is 11.8 Å². The molecule has 0 aromatic heterocycles. The van der Waals surface area contributed by atoms with Crippen molar-refractivity contribution in [2.24, 2.45) is 0 Å². The van der Waals surface area contributed by atoms with Gasteiger partial charge in [-0.15, -0.1) is 11.8 Å². The summed E-state index contributed by atoms with van der Waals surface area (Å²) in [7, 11) is 0. The predicted molar refractivity (Wildman–Crippen MR) is 68.3 cm³/mol. The summed E-state index contributed by atoms with van der Waals surface area (Å²) in [4.78, 5) is 12.4. The van der Waals surface area contributed by atoms with E-state index < -0.39 is 0 Å². The van der Waals surface area contributed by atoms with Gasteiger partial charge in [0.15, 0.2) is 0 Å². The van der Waals surface area contributed by atoms with E-state index in [-0.39, 0.29) is 9.33 Å². The van der Waals surface area contributed by atoms with Crippen molar-refractivity contribution in [3.8, 4) is 0 Å². The summed E-state index contributed by atoms with van der Waals surface area (Å²) in [5.74, 6) is 0.613. The van der Waals surface area contributed by atoms with Gasteiger partial charge in [-0.1, -0.05) is 34.7 Å². The second-order valence-electron chi connectivity index (χ2n) is 3.44. The van der Waals surface area contributed by atoms with Crippen LogP contribution < -0.4 is 5.32 Å². The average Bonchev–Trinajstić information content (AvgIpc) is 2.21. The van der Waals surface area contributed by atoms with Gasteiger partial charge in [-0.3, -0.25) is 4.79 Å². The number of carbonyl (C=O) groups excluding carboxylic acids is 1. The third-order valence-corrected chi connectivity index (χ3v) is 3.74. The van der Waals surface area contributed by atoms with Crippen molar-refractivity contribution in [1.82, 2.24) is 5.32 Å². The molecule has 0 saturated carbocycles. The first-order valence-electron chi connectivity index (χ1n) is 4.31. The molecule has 1 fully saturated rings. The van der Waals surface area contributed by atoms with Gasteiger partial charge in [-0.05, 0) is 19.1 Å². The predicted octanol–water partition coefficient (Wildman–Crippen LogP) is 2.38. The van der Waals surface area contributed by atoms with Crippen molar-refractivity contribution >= 4 is 40.3 Å². The van der Waals surface area contributed by atoms with Gasteiger partial charge in [0.1, 0.15) is 0 Å². The third kappa shape index (κ3) is 2.23. The molecule has 0 aromatic rings. The SMILES string of the molecule is CC1(I)C=CC=C2SCC(=O)NC2=C1. The van der Waals surface area contributed by atoms with E-state index >= 15 is 0 Å². The molecular weight excluding hydrogens is 309 g/mol. The van der Waals surface area contributed by atoms with Gasteiger partial charge in [0, 0.05) is 4.91 Å². The lowest BCUT2D eigenvalue weighted by molar-refractivity contribution is -0.117. The first kappa shape index (κ1) is 10.3. The van der Waals surface area contributed by atoms with Gasteiger partial charge >= 0.3 is 0 Å². The summed E-state index contributed by atoms with van der Waals surface area (Å²) >= 11 is 3.95. The highest BCUT2D eigenvalue weighted by atomic mass is 127. The summed E-state index contributed by atoms with van der Waals surface area (Å²) in [5, 5.41) is 2.90. The number of fused-ring (bicyclic) bond motifs is 1. The van der Waals surface area contributed by atoms with Gasteiger partial charge in [0.25, 0.3) is 0 Å². The number of thioether (sulfide) groups is 1. The van der Waals surface area contributed by atoms with Crippen LogP contribution in [-0.2, 0) is 4.79 Å². The van der Waals surface area contributed by atoms with Crippen molar-refractivity contribution in [2.75, 3.05) is 5.75 Å². The first-order chi connectivity index (χ1) is 6.57. The lowest BCUT2D eigenvalue weighted by atomic mass is 10.1. The van der Waals surface area contributed by atoms with Crippen LogP contribution in [0.3, 0.4) is 0 Å². The Hall–Kier alpha value is -0.230. The van der Waals surface area contributed by atoms with Gasteiger partial charge < -0.3 is 5.32 Å². The van der Waals surface area contributed by atoms with Gasteiger partial charge in [0.05, 0.1) is 14.9 Å². The largest absolute Gasteiger partial charge is 0.325 e. The molecule has 1 unspecified atom stereocenters. The molecule has 2 rings (SSSR count). The minimum atomic E-state index is -0.0173. The van der Waals surface area contributed by atoms with Gasteiger partial charge in [-0.25, -0.2) is 0 Å². The van der Waals surface area contributed by atoms with Crippen molar-refractivity contribution < 1.29 is 4.79 Å². The van der Waals surface area contributed by atoms with E-state index in [4.69, 9.17) is 0 Å². The fraction of sp³-hybridized carbons (Fsp3) is 0.300. The fourth-order valence-electron chi connectivity index (χ4n) is 1.37. The molecule has 1 amide bonds. The molecule has 2 aliphatic rings. The number of amides is 1. The summed E-state index contributed by atoms with van der Waals surface area (Å²) in [6, 6.07) is 0. The molecule has 1 N–H and O–H groups in total. The average molecular weight is 319 g/mol. The lowest BCUT2D eigenvalue weighted by Crippen LogP contribution is -2.30. The Balaban J connectivity index is 2.37. The Labute approximate surface area is 101 Å². The van der Waals surface area contributed by atoms with Crippen LogP contribution >= 0.6 is 34.4 Å². The minimum Gasteiger partial charge on any atom is -0.325 e. The number of allylic oxidation sites excluding steroid dienone is 4. The quantitative estimate of drug-likeness (QED) is 0.549. The summed E-state index contributed by atoms with van der Waals surface area (Å²) in [6.07, 6.45) is 8.32. The molecule has 0 radical (unpaired) electrons. The molecule has 74 valence electrons. The highest BCUT2D eigenvalue weighted by Gasteiger charge is 2.23. The molecule has 1 saturated heterocycles. The third-order valence-electron chi connectivity index (χ3n) is 1.99. The lowest BCUT2D eigenvalue weighted by Gasteiger charge is -2.20. The maximum absolute atomic E-state index is 11.2. The molecule has 14 heavy (non-hydrogen) atoms. The van der Waals surface area contributed by atoms with Crippen LogP contribution in [0.5, 0.6) is 0 Å². The van der Waals surface area contributed by atoms with Crippen molar-refractivity contribution in [2.45, 2.75) is 10.3 Å². The van der Waals surface area contributed by atoms with Crippen molar-refractivity contribution in [3.05, 3.63) is 34.9 Å². The normalized spacial score (nSPS) is 31.1. The van der Waals surface area contributed by atoms with E-state index in [1.807, 2.05) is 0 Å².